The second kappa shape index (κ2) is 12.1. The van der Waals surface area contributed by atoms with Crippen LogP contribution in [0.4, 0.5) is 27.8 Å². The smallest absolute Gasteiger partial charge is 0.410 e. The summed E-state index contributed by atoms with van der Waals surface area (Å²) in [5.74, 6) is -0.0989. The van der Waals surface area contributed by atoms with Crippen molar-refractivity contribution >= 4 is 69.1 Å². The molecule has 0 aliphatic carbocycles. The Morgan fingerprint density at radius 2 is 1.63 bits per heavy atom. The van der Waals surface area contributed by atoms with Crippen LogP contribution in [0.2, 0.25) is 10.0 Å². The number of halogens is 2. The monoisotopic (exact) mass is 623 g/mol. The van der Waals surface area contributed by atoms with Gasteiger partial charge < -0.3 is 25.2 Å². The standard InChI is InChI=1S/C30H31Cl2N7O4/c1-18(40)34-24-17-39(26-22(31)6-5-7-23(26)32)27(41)21-16-33-28(36-25(21)24)35-19-8-10-20(11-9-19)37-12-14-38(15-13-37)29(42)43-30(2,3)4/h5-11,16-17H,12-15H2,1-4H3,(H,34,40)(H,33,35,36). The second-order valence-corrected chi connectivity index (χ2v) is 11.9. The van der Waals surface area contributed by atoms with E-state index in [1.165, 1.54) is 23.9 Å². The quantitative estimate of drug-likeness (QED) is 0.284. The number of anilines is 4. The maximum Gasteiger partial charge on any atom is 0.410 e. The van der Waals surface area contributed by atoms with Gasteiger partial charge >= 0.3 is 6.09 Å². The molecule has 0 spiro atoms. The molecule has 2 amide bonds. The van der Waals surface area contributed by atoms with Gasteiger partial charge in [-0.15, -0.1) is 0 Å². The van der Waals surface area contributed by atoms with Crippen LogP contribution in [0.1, 0.15) is 27.7 Å². The van der Waals surface area contributed by atoms with E-state index in [2.05, 4.69) is 25.5 Å². The Balaban J connectivity index is 1.35. The molecule has 0 saturated carbocycles. The number of para-hydroxylation sites is 1. The number of nitrogens with one attached hydrogen (secondary N) is 2. The summed E-state index contributed by atoms with van der Waals surface area (Å²) < 4.78 is 6.76. The van der Waals surface area contributed by atoms with Crippen LogP contribution in [-0.2, 0) is 9.53 Å². The molecular weight excluding hydrogens is 593 g/mol. The van der Waals surface area contributed by atoms with Crippen molar-refractivity contribution in [3.63, 3.8) is 0 Å². The van der Waals surface area contributed by atoms with Crippen molar-refractivity contribution in [2.45, 2.75) is 33.3 Å². The van der Waals surface area contributed by atoms with E-state index in [4.69, 9.17) is 27.9 Å². The van der Waals surface area contributed by atoms with E-state index in [0.717, 1.165) is 11.4 Å². The molecule has 11 nitrogen and oxygen atoms in total. The molecule has 0 radical (unpaired) electrons. The van der Waals surface area contributed by atoms with Gasteiger partial charge in [0, 0.05) is 56.9 Å². The number of carbonyl (C=O) groups is 2. The van der Waals surface area contributed by atoms with E-state index < -0.39 is 11.2 Å². The fourth-order valence-electron chi connectivity index (χ4n) is 4.71. The molecule has 0 bridgehead atoms. The van der Waals surface area contributed by atoms with Crippen molar-refractivity contribution < 1.29 is 14.3 Å². The highest BCUT2D eigenvalue weighted by Gasteiger charge is 2.26. The predicted molar refractivity (Wildman–Crippen MR) is 169 cm³/mol. The van der Waals surface area contributed by atoms with Crippen molar-refractivity contribution in [1.29, 1.82) is 0 Å². The predicted octanol–water partition coefficient (Wildman–Crippen LogP) is 5.85. The third kappa shape index (κ3) is 6.84. The van der Waals surface area contributed by atoms with Crippen LogP contribution in [0, 0.1) is 0 Å². The molecule has 5 rings (SSSR count). The lowest BCUT2D eigenvalue weighted by Gasteiger charge is -2.36. The van der Waals surface area contributed by atoms with Crippen LogP contribution < -0.4 is 21.1 Å². The van der Waals surface area contributed by atoms with E-state index in [-0.39, 0.29) is 44.6 Å². The number of nitrogens with zero attached hydrogens (tertiary/aromatic N) is 5. The number of benzene rings is 2. The zero-order valence-corrected chi connectivity index (χ0v) is 25.7. The van der Waals surface area contributed by atoms with Gasteiger partial charge in [0.15, 0.2) is 0 Å². The number of hydrogen-bond acceptors (Lipinski definition) is 8. The van der Waals surface area contributed by atoms with E-state index >= 15 is 0 Å². The van der Waals surface area contributed by atoms with Crippen molar-refractivity contribution in [3.8, 4) is 5.69 Å². The summed E-state index contributed by atoms with van der Waals surface area (Å²) in [4.78, 5) is 50.7. The van der Waals surface area contributed by atoms with Crippen LogP contribution in [0.25, 0.3) is 16.6 Å². The highest BCUT2D eigenvalue weighted by atomic mass is 35.5. The molecule has 0 atom stereocenters. The Hall–Kier alpha value is -4.35. The fourth-order valence-corrected chi connectivity index (χ4v) is 5.29. The van der Waals surface area contributed by atoms with Gasteiger partial charge in [-0.25, -0.2) is 14.8 Å². The summed E-state index contributed by atoms with van der Waals surface area (Å²) in [5.41, 5.74) is 1.62. The molecule has 4 aromatic rings. The van der Waals surface area contributed by atoms with Crippen molar-refractivity contribution in [3.05, 3.63) is 75.3 Å². The lowest BCUT2D eigenvalue weighted by molar-refractivity contribution is -0.114. The van der Waals surface area contributed by atoms with Crippen LogP contribution in [0.15, 0.2) is 59.7 Å². The minimum Gasteiger partial charge on any atom is -0.444 e. The number of rotatable bonds is 5. The van der Waals surface area contributed by atoms with E-state index in [0.29, 0.717) is 31.9 Å². The number of carbonyl (C=O) groups excluding carboxylic acids is 2. The van der Waals surface area contributed by atoms with Gasteiger partial charge in [0.05, 0.1) is 26.8 Å². The first-order chi connectivity index (χ1) is 20.4. The summed E-state index contributed by atoms with van der Waals surface area (Å²) in [6.07, 6.45) is 2.56. The number of piperazine rings is 1. The summed E-state index contributed by atoms with van der Waals surface area (Å²) in [6, 6.07) is 12.7. The largest absolute Gasteiger partial charge is 0.444 e. The molecule has 1 aliphatic rings. The van der Waals surface area contributed by atoms with Gasteiger partial charge in [-0.1, -0.05) is 29.3 Å². The molecule has 2 N–H and O–H groups in total. The van der Waals surface area contributed by atoms with Crippen LogP contribution >= 0.6 is 23.2 Å². The Morgan fingerprint density at radius 1 is 0.977 bits per heavy atom. The van der Waals surface area contributed by atoms with E-state index in [1.54, 1.807) is 23.1 Å². The second-order valence-electron chi connectivity index (χ2n) is 11.1. The van der Waals surface area contributed by atoms with Gasteiger partial charge in [0.1, 0.15) is 11.1 Å². The minimum absolute atomic E-state index is 0.175. The number of ether oxygens (including phenoxy) is 1. The third-order valence-corrected chi connectivity index (χ3v) is 7.27. The topological polar surface area (TPSA) is 122 Å². The highest BCUT2D eigenvalue weighted by Crippen LogP contribution is 2.30. The number of amides is 2. The molecular formula is C30H31Cl2N7O4. The Labute approximate surface area is 258 Å². The first-order valence-corrected chi connectivity index (χ1v) is 14.4. The van der Waals surface area contributed by atoms with Crippen molar-refractivity contribution in [2.75, 3.05) is 41.7 Å². The van der Waals surface area contributed by atoms with E-state index in [1.807, 2.05) is 45.0 Å². The number of pyridine rings is 1. The molecule has 1 saturated heterocycles. The van der Waals surface area contributed by atoms with Crippen LogP contribution in [0.5, 0.6) is 0 Å². The average molecular weight is 625 g/mol. The SMILES string of the molecule is CC(=O)Nc1cn(-c2c(Cl)cccc2Cl)c(=O)c2cnc(Nc3ccc(N4CCN(C(=O)OC(C)(C)C)CC4)cc3)nc12. The Kier molecular flexibility index (Phi) is 8.48. The van der Waals surface area contributed by atoms with Gasteiger partial charge in [-0.2, -0.15) is 0 Å². The molecule has 2 aromatic heterocycles. The Bertz CT molecular complexity index is 1720. The van der Waals surface area contributed by atoms with Crippen LogP contribution in [0.3, 0.4) is 0 Å². The lowest BCUT2D eigenvalue weighted by atomic mass is 10.2. The summed E-state index contributed by atoms with van der Waals surface area (Å²) >= 11 is 12.7. The molecule has 1 fully saturated rings. The van der Waals surface area contributed by atoms with Gasteiger partial charge in [0.25, 0.3) is 5.56 Å². The Morgan fingerprint density at radius 3 is 2.23 bits per heavy atom. The average Bonchev–Trinajstić information content (AvgIpc) is 2.94. The van der Waals surface area contributed by atoms with Gasteiger partial charge in [0.2, 0.25) is 11.9 Å². The van der Waals surface area contributed by atoms with Crippen LogP contribution in [-0.4, -0.2) is 63.2 Å². The number of fused-ring (bicyclic) bond motifs is 1. The molecule has 0 unspecified atom stereocenters. The first-order valence-electron chi connectivity index (χ1n) is 13.6. The molecule has 43 heavy (non-hydrogen) atoms. The zero-order chi connectivity index (χ0) is 30.9. The molecule has 1 aliphatic heterocycles. The van der Waals surface area contributed by atoms with Gasteiger partial charge in [-0.3, -0.25) is 14.2 Å². The highest BCUT2D eigenvalue weighted by molar-refractivity contribution is 6.37. The van der Waals surface area contributed by atoms with E-state index in [9.17, 15) is 14.4 Å². The zero-order valence-electron chi connectivity index (χ0n) is 24.1. The summed E-state index contributed by atoms with van der Waals surface area (Å²) in [6.45, 7) is 9.44. The first kappa shape index (κ1) is 30.1. The fraction of sp³-hybridized carbons (Fsp3) is 0.300. The maximum atomic E-state index is 13.4. The summed E-state index contributed by atoms with van der Waals surface area (Å²) in [7, 11) is 0. The van der Waals surface area contributed by atoms with Crippen molar-refractivity contribution in [1.82, 2.24) is 19.4 Å². The van der Waals surface area contributed by atoms with Crippen molar-refractivity contribution in [2.24, 2.45) is 0 Å². The number of aromatic nitrogens is 3. The third-order valence-electron chi connectivity index (χ3n) is 6.66. The number of hydrogen-bond donors (Lipinski definition) is 2. The lowest BCUT2D eigenvalue weighted by Crippen LogP contribution is -2.50. The molecule has 224 valence electrons. The summed E-state index contributed by atoms with van der Waals surface area (Å²) in [5, 5.41) is 6.62. The maximum absolute atomic E-state index is 13.4. The van der Waals surface area contributed by atoms with Gasteiger partial charge in [-0.05, 0) is 57.2 Å². The normalized spacial score (nSPS) is 13.6. The molecule has 13 heteroatoms. The molecule has 2 aromatic carbocycles. The molecule has 3 heterocycles. The minimum atomic E-state index is -0.527.